The van der Waals surface area contributed by atoms with Crippen molar-refractivity contribution >= 4 is 11.6 Å². The summed E-state index contributed by atoms with van der Waals surface area (Å²) >= 11 is 0. The van der Waals surface area contributed by atoms with Crippen molar-refractivity contribution in [3.05, 3.63) is 11.9 Å². The van der Waals surface area contributed by atoms with Crippen molar-refractivity contribution in [2.45, 2.75) is 33.6 Å². The molecule has 1 aromatic heterocycles. The molecule has 0 saturated heterocycles. The zero-order chi connectivity index (χ0) is 12.1. The minimum Gasteiger partial charge on any atom is -0.383 e. The van der Waals surface area contributed by atoms with E-state index in [0.29, 0.717) is 11.7 Å². The van der Waals surface area contributed by atoms with Gasteiger partial charge < -0.3 is 10.6 Å². The van der Waals surface area contributed by atoms with Gasteiger partial charge >= 0.3 is 0 Å². The summed E-state index contributed by atoms with van der Waals surface area (Å²) in [6.45, 7) is 7.52. The van der Waals surface area contributed by atoms with Crippen LogP contribution in [0.2, 0.25) is 0 Å². The highest BCUT2D eigenvalue weighted by Gasteiger charge is 2.13. The summed E-state index contributed by atoms with van der Waals surface area (Å²) in [7, 11) is 2.06. The molecule has 1 atom stereocenters. The molecule has 0 aliphatic rings. The van der Waals surface area contributed by atoms with Crippen LogP contribution in [-0.4, -0.2) is 23.6 Å². The zero-order valence-corrected chi connectivity index (χ0v) is 10.7. The normalized spacial score (nSPS) is 12.5. The lowest BCUT2D eigenvalue weighted by Crippen LogP contribution is -2.26. The SMILES string of the molecule is CCc1c(N)ncnc1N(C)CC(C)CC. The number of hydrogen-bond donors (Lipinski definition) is 1. The van der Waals surface area contributed by atoms with Crippen molar-refractivity contribution in [2.24, 2.45) is 5.92 Å². The smallest absolute Gasteiger partial charge is 0.137 e. The van der Waals surface area contributed by atoms with Crippen LogP contribution in [0.3, 0.4) is 0 Å². The Kier molecular flexibility index (Phi) is 4.52. The fourth-order valence-corrected chi connectivity index (χ4v) is 1.77. The Labute approximate surface area is 97.9 Å². The maximum atomic E-state index is 5.86. The summed E-state index contributed by atoms with van der Waals surface area (Å²) in [6, 6.07) is 0. The number of nitrogens with two attached hydrogens (primary N) is 1. The molecule has 0 bridgehead atoms. The van der Waals surface area contributed by atoms with Gasteiger partial charge in [-0.15, -0.1) is 0 Å². The largest absolute Gasteiger partial charge is 0.383 e. The zero-order valence-electron chi connectivity index (χ0n) is 10.7. The van der Waals surface area contributed by atoms with E-state index in [-0.39, 0.29) is 0 Å². The first-order valence-corrected chi connectivity index (χ1v) is 5.90. The van der Waals surface area contributed by atoms with Crippen molar-refractivity contribution in [2.75, 3.05) is 24.2 Å². The lowest BCUT2D eigenvalue weighted by Gasteiger charge is -2.24. The molecule has 4 heteroatoms. The van der Waals surface area contributed by atoms with Crippen LogP contribution >= 0.6 is 0 Å². The van der Waals surface area contributed by atoms with Crippen LogP contribution in [0.1, 0.15) is 32.8 Å². The molecule has 16 heavy (non-hydrogen) atoms. The van der Waals surface area contributed by atoms with Crippen molar-refractivity contribution in [3.63, 3.8) is 0 Å². The molecular formula is C12H22N4. The van der Waals surface area contributed by atoms with Gasteiger partial charge in [-0.2, -0.15) is 0 Å². The fraction of sp³-hybridized carbons (Fsp3) is 0.667. The quantitative estimate of drug-likeness (QED) is 0.829. The summed E-state index contributed by atoms with van der Waals surface area (Å²) in [5, 5.41) is 0. The molecule has 0 spiro atoms. The monoisotopic (exact) mass is 222 g/mol. The third-order valence-corrected chi connectivity index (χ3v) is 2.95. The standard InChI is InChI=1S/C12H22N4/c1-5-9(3)7-16(4)12-10(6-2)11(13)14-8-15-12/h8-9H,5-7H2,1-4H3,(H2,13,14,15). The fourth-order valence-electron chi connectivity index (χ4n) is 1.77. The van der Waals surface area contributed by atoms with Gasteiger partial charge in [0.05, 0.1) is 0 Å². The van der Waals surface area contributed by atoms with E-state index >= 15 is 0 Å². The van der Waals surface area contributed by atoms with Crippen LogP contribution in [0.25, 0.3) is 0 Å². The van der Waals surface area contributed by atoms with E-state index in [0.717, 1.165) is 24.3 Å². The Hall–Kier alpha value is -1.32. The van der Waals surface area contributed by atoms with Crippen LogP contribution in [0.15, 0.2) is 6.33 Å². The second-order valence-electron chi connectivity index (χ2n) is 4.31. The first-order valence-electron chi connectivity index (χ1n) is 5.90. The Bertz CT molecular complexity index is 338. The van der Waals surface area contributed by atoms with Crippen LogP contribution in [0, 0.1) is 5.92 Å². The van der Waals surface area contributed by atoms with Gasteiger partial charge in [0.15, 0.2) is 0 Å². The average molecular weight is 222 g/mol. The topological polar surface area (TPSA) is 55.0 Å². The van der Waals surface area contributed by atoms with Crippen molar-refractivity contribution in [3.8, 4) is 0 Å². The molecule has 0 aliphatic carbocycles. The number of nitrogens with zero attached hydrogens (tertiary/aromatic N) is 3. The Balaban J connectivity index is 2.90. The second kappa shape index (κ2) is 5.68. The van der Waals surface area contributed by atoms with E-state index in [1.807, 2.05) is 0 Å². The molecule has 4 nitrogen and oxygen atoms in total. The number of aromatic nitrogens is 2. The van der Waals surface area contributed by atoms with E-state index in [1.165, 1.54) is 12.7 Å². The van der Waals surface area contributed by atoms with Gasteiger partial charge in [-0.3, -0.25) is 0 Å². The summed E-state index contributed by atoms with van der Waals surface area (Å²) in [6.07, 6.45) is 3.58. The van der Waals surface area contributed by atoms with Gasteiger partial charge in [0, 0.05) is 19.2 Å². The maximum Gasteiger partial charge on any atom is 0.137 e. The van der Waals surface area contributed by atoms with Gasteiger partial charge in [-0.1, -0.05) is 27.2 Å². The van der Waals surface area contributed by atoms with Gasteiger partial charge in [0.1, 0.15) is 18.0 Å². The average Bonchev–Trinajstić information content (AvgIpc) is 2.28. The summed E-state index contributed by atoms with van der Waals surface area (Å²) < 4.78 is 0. The van der Waals surface area contributed by atoms with Crippen LogP contribution in [0.5, 0.6) is 0 Å². The van der Waals surface area contributed by atoms with E-state index < -0.39 is 0 Å². The van der Waals surface area contributed by atoms with Crippen LogP contribution < -0.4 is 10.6 Å². The van der Waals surface area contributed by atoms with E-state index in [4.69, 9.17) is 5.73 Å². The highest BCUT2D eigenvalue weighted by molar-refractivity contribution is 5.56. The third-order valence-electron chi connectivity index (χ3n) is 2.95. The van der Waals surface area contributed by atoms with E-state index in [1.54, 1.807) is 0 Å². The summed E-state index contributed by atoms with van der Waals surface area (Å²) in [4.78, 5) is 10.5. The molecule has 1 heterocycles. The molecule has 1 aromatic rings. The predicted molar refractivity (Wildman–Crippen MR) is 68.5 cm³/mol. The molecule has 0 aromatic carbocycles. The molecule has 90 valence electrons. The highest BCUT2D eigenvalue weighted by atomic mass is 15.2. The van der Waals surface area contributed by atoms with Gasteiger partial charge in [-0.25, -0.2) is 9.97 Å². The van der Waals surface area contributed by atoms with Crippen LogP contribution in [0.4, 0.5) is 11.6 Å². The van der Waals surface area contributed by atoms with E-state index in [2.05, 4.69) is 42.7 Å². The lowest BCUT2D eigenvalue weighted by molar-refractivity contribution is 0.557. The number of hydrogen-bond acceptors (Lipinski definition) is 4. The molecule has 2 N–H and O–H groups in total. The minimum atomic E-state index is 0.600. The van der Waals surface area contributed by atoms with Crippen LogP contribution in [-0.2, 0) is 6.42 Å². The van der Waals surface area contributed by atoms with Gasteiger partial charge in [0.2, 0.25) is 0 Å². The Morgan fingerprint density at radius 2 is 2.06 bits per heavy atom. The van der Waals surface area contributed by atoms with Crippen molar-refractivity contribution in [1.29, 1.82) is 0 Å². The van der Waals surface area contributed by atoms with E-state index in [9.17, 15) is 0 Å². The molecule has 0 fully saturated rings. The molecule has 0 saturated carbocycles. The third kappa shape index (κ3) is 2.84. The Morgan fingerprint density at radius 3 is 2.62 bits per heavy atom. The highest BCUT2D eigenvalue weighted by Crippen LogP contribution is 2.21. The predicted octanol–water partition coefficient (Wildman–Crippen LogP) is 2.10. The second-order valence-corrected chi connectivity index (χ2v) is 4.31. The van der Waals surface area contributed by atoms with Gasteiger partial charge in [-0.05, 0) is 12.3 Å². The summed E-state index contributed by atoms with van der Waals surface area (Å²) in [5.41, 5.74) is 6.90. The molecule has 1 unspecified atom stereocenters. The number of anilines is 2. The molecule has 1 rings (SSSR count). The molecular weight excluding hydrogens is 200 g/mol. The molecule has 0 aliphatic heterocycles. The first-order chi connectivity index (χ1) is 7.60. The number of rotatable bonds is 5. The molecule has 0 amide bonds. The first kappa shape index (κ1) is 12.7. The molecule has 0 radical (unpaired) electrons. The lowest BCUT2D eigenvalue weighted by atomic mass is 10.1. The van der Waals surface area contributed by atoms with Crippen molar-refractivity contribution < 1.29 is 0 Å². The Morgan fingerprint density at radius 1 is 1.38 bits per heavy atom. The van der Waals surface area contributed by atoms with Crippen molar-refractivity contribution in [1.82, 2.24) is 9.97 Å². The number of nitrogen functional groups attached to an aromatic ring is 1. The van der Waals surface area contributed by atoms with Gasteiger partial charge in [0.25, 0.3) is 0 Å². The minimum absolute atomic E-state index is 0.600. The summed E-state index contributed by atoms with van der Waals surface area (Å²) in [5.74, 6) is 2.23. The maximum absolute atomic E-state index is 5.86.